The number of hydrogen-bond acceptors (Lipinski definition) is 6. The molecule has 23 heavy (non-hydrogen) atoms. The van der Waals surface area contributed by atoms with Crippen LogP contribution in [0.4, 0.5) is 10.2 Å². The van der Waals surface area contributed by atoms with Crippen LogP contribution in [0, 0.1) is 5.82 Å². The summed E-state index contributed by atoms with van der Waals surface area (Å²) in [7, 11) is 1.32. The van der Waals surface area contributed by atoms with Crippen molar-refractivity contribution in [2.24, 2.45) is 0 Å². The molecular formula is C15H14ClFN4O2. The van der Waals surface area contributed by atoms with Gasteiger partial charge in [0.1, 0.15) is 6.04 Å². The van der Waals surface area contributed by atoms with Crippen molar-refractivity contribution in [3.63, 3.8) is 0 Å². The van der Waals surface area contributed by atoms with Gasteiger partial charge >= 0.3 is 5.97 Å². The van der Waals surface area contributed by atoms with Crippen LogP contribution < -0.4 is 5.43 Å². The smallest absolute Gasteiger partial charge is 0.325 e. The van der Waals surface area contributed by atoms with Crippen LogP contribution in [0.15, 0.2) is 30.5 Å². The standard InChI is InChI=1S/C15H14ClFN4O2/c1-23-14(22)12-6-9-4-2-3-5-10(9)8-21(12)20-13-11(17)7-18-15(16)19-13/h2-5,7,12H,6,8H2,1H3,(H,18,19,20). The largest absolute Gasteiger partial charge is 0.468 e. The Hall–Kier alpha value is -2.25. The number of methoxy groups -OCH3 is 1. The van der Waals surface area contributed by atoms with Crippen molar-refractivity contribution >= 4 is 23.4 Å². The van der Waals surface area contributed by atoms with Crippen LogP contribution in [-0.2, 0) is 22.5 Å². The molecule has 1 atom stereocenters. The molecular weight excluding hydrogens is 323 g/mol. The first-order valence-corrected chi connectivity index (χ1v) is 7.32. The fourth-order valence-corrected chi connectivity index (χ4v) is 2.68. The van der Waals surface area contributed by atoms with Gasteiger partial charge in [0.15, 0.2) is 11.6 Å². The highest BCUT2D eigenvalue weighted by atomic mass is 35.5. The molecule has 120 valence electrons. The van der Waals surface area contributed by atoms with Crippen molar-refractivity contribution in [3.8, 4) is 0 Å². The minimum absolute atomic E-state index is 0.0825. The maximum atomic E-state index is 13.8. The van der Waals surface area contributed by atoms with Crippen LogP contribution in [0.5, 0.6) is 0 Å². The summed E-state index contributed by atoms with van der Waals surface area (Å²) in [5, 5.41) is 1.51. The van der Waals surface area contributed by atoms with Gasteiger partial charge in [-0.2, -0.15) is 4.98 Å². The maximum Gasteiger partial charge on any atom is 0.325 e. The summed E-state index contributed by atoms with van der Waals surface area (Å²) in [5.41, 5.74) is 4.92. The molecule has 0 radical (unpaired) electrons. The number of hydrazine groups is 1. The molecule has 0 fully saturated rings. The maximum absolute atomic E-state index is 13.8. The molecule has 1 aromatic carbocycles. The van der Waals surface area contributed by atoms with Crippen LogP contribution in [0.2, 0.25) is 5.28 Å². The van der Waals surface area contributed by atoms with Gasteiger partial charge < -0.3 is 4.74 Å². The fourth-order valence-electron chi connectivity index (χ4n) is 2.55. The second-order valence-electron chi connectivity index (χ2n) is 5.09. The molecule has 3 rings (SSSR count). The third-order valence-electron chi connectivity index (χ3n) is 3.69. The number of rotatable bonds is 3. The van der Waals surface area contributed by atoms with E-state index in [-0.39, 0.29) is 11.1 Å². The van der Waals surface area contributed by atoms with Crippen molar-refractivity contribution < 1.29 is 13.9 Å². The number of fused-ring (bicyclic) bond motifs is 1. The Morgan fingerprint density at radius 3 is 2.91 bits per heavy atom. The average molecular weight is 337 g/mol. The number of benzene rings is 1. The lowest BCUT2D eigenvalue weighted by atomic mass is 9.95. The van der Waals surface area contributed by atoms with E-state index in [4.69, 9.17) is 16.3 Å². The van der Waals surface area contributed by atoms with Crippen LogP contribution >= 0.6 is 11.6 Å². The van der Waals surface area contributed by atoms with Crippen molar-refractivity contribution in [2.75, 3.05) is 12.5 Å². The van der Waals surface area contributed by atoms with Gasteiger partial charge in [0.25, 0.3) is 0 Å². The van der Waals surface area contributed by atoms with Gasteiger partial charge in [-0.25, -0.2) is 14.4 Å². The molecule has 1 N–H and O–H groups in total. The number of carbonyl (C=O) groups is 1. The van der Waals surface area contributed by atoms with E-state index in [2.05, 4.69) is 15.4 Å². The summed E-state index contributed by atoms with van der Waals surface area (Å²) in [6, 6.07) is 7.16. The lowest BCUT2D eigenvalue weighted by molar-refractivity contribution is -0.147. The van der Waals surface area contributed by atoms with E-state index in [0.717, 1.165) is 17.3 Å². The summed E-state index contributed by atoms with van der Waals surface area (Å²) in [5.74, 6) is -1.15. The number of anilines is 1. The Morgan fingerprint density at radius 1 is 1.43 bits per heavy atom. The van der Waals surface area contributed by atoms with Crippen LogP contribution in [0.1, 0.15) is 11.1 Å². The van der Waals surface area contributed by atoms with Gasteiger partial charge in [0, 0.05) is 13.0 Å². The summed E-state index contributed by atoms with van der Waals surface area (Å²) in [6.07, 6.45) is 1.43. The average Bonchev–Trinajstić information content (AvgIpc) is 2.57. The summed E-state index contributed by atoms with van der Waals surface area (Å²) in [6.45, 7) is 0.400. The number of aromatic nitrogens is 2. The molecule has 0 amide bonds. The summed E-state index contributed by atoms with van der Waals surface area (Å²) < 4.78 is 18.7. The number of nitrogens with one attached hydrogen (secondary N) is 1. The normalized spacial score (nSPS) is 17.4. The van der Waals surface area contributed by atoms with E-state index in [0.29, 0.717) is 13.0 Å². The molecule has 0 bridgehead atoms. The van der Waals surface area contributed by atoms with Gasteiger partial charge in [-0.1, -0.05) is 24.3 Å². The zero-order chi connectivity index (χ0) is 16.4. The Bertz CT molecular complexity index is 743. The second-order valence-corrected chi connectivity index (χ2v) is 5.43. The molecule has 2 heterocycles. The van der Waals surface area contributed by atoms with Gasteiger partial charge in [-0.05, 0) is 22.7 Å². The lowest BCUT2D eigenvalue weighted by Gasteiger charge is -2.35. The number of nitrogens with zero attached hydrogens (tertiary/aromatic N) is 3. The summed E-state index contributed by atoms with van der Waals surface area (Å²) >= 11 is 5.70. The molecule has 0 saturated heterocycles. The Kier molecular flexibility index (Phi) is 4.40. The second kappa shape index (κ2) is 6.47. The first-order valence-electron chi connectivity index (χ1n) is 6.94. The van der Waals surface area contributed by atoms with Crippen molar-refractivity contribution in [1.29, 1.82) is 0 Å². The predicted molar refractivity (Wildman–Crippen MR) is 82.1 cm³/mol. The number of halogens is 2. The highest BCUT2D eigenvalue weighted by Gasteiger charge is 2.33. The van der Waals surface area contributed by atoms with E-state index in [1.807, 2.05) is 24.3 Å². The number of hydrogen-bond donors (Lipinski definition) is 1. The molecule has 0 spiro atoms. The minimum Gasteiger partial charge on any atom is -0.468 e. The first-order chi connectivity index (χ1) is 11.1. The number of esters is 1. The molecule has 0 aliphatic carbocycles. The topological polar surface area (TPSA) is 67.3 Å². The number of carbonyl (C=O) groups excluding carboxylic acids is 1. The Labute approximate surface area is 137 Å². The quantitative estimate of drug-likeness (QED) is 0.684. The third kappa shape index (κ3) is 3.25. The zero-order valence-electron chi connectivity index (χ0n) is 12.3. The highest BCUT2D eigenvalue weighted by molar-refractivity contribution is 6.28. The minimum atomic E-state index is -0.656. The van der Waals surface area contributed by atoms with Gasteiger partial charge in [-0.15, -0.1) is 0 Å². The highest BCUT2D eigenvalue weighted by Crippen LogP contribution is 2.25. The molecule has 1 aliphatic rings. The monoisotopic (exact) mass is 336 g/mol. The van der Waals surface area contributed by atoms with Crippen molar-refractivity contribution in [1.82, 2.24) is 15.0 Å². The predicted octanol–water partition coefficient (Wildman–Crippen LogP) is 2.20. The zero-order valence-corrected chi connectivity index (χ0v) is 13.0. The molecule has 8 heteroatoms. The fraction of sp³-hybridized carbons (Fsp3) is 0.267. The Morgan fingerprint density at radius 2 is 2.17 bits per heavy atom. The SMILES string of the molecule is COC(=O)C1Cc2ccccc2CN1Nc1nc(Cl)ncc1F. The van der Waals surface area contributed by atoms with E-state index in [1.165, 1.54) is 7.11 Å². The van der Waals surface area contributed by atoms with Crippen LogP contribution in [0.25, 0.3) is 0 Å². The molecule has 2 aromatic rings. The molecule has 6 nitrogen and oxygen atoms in total. The van der Waals surface area contributed by atoms with E-state index in [9.17, 15) is 9.18 Å². The van der Waals surface area contributed by atoms with Crippen molar-refractivity contribution in [2.45, 2.75) is 19.0 Å². The van der Waals surface area contributed by atoms with Gasteiger partial charge in [-0.3, -0.25) is 10.2 Å². The van der Waals surface area contributed by atoms with Crippen molar-refractivity contribution in [3.05, 3.63) is 52.7 Å². The molecule has 1 aliphatic heterocycles. The number of ether oxygens (including phenoxy) is 1. The van der Waals surface area contributed by atoms with E-state index in [1.54, 1.807) is 5.01 Å². The molecule has 1 unspecified atom stereocenters. The molecule has 0 saturated carbocycles. The lowest BCUT2D eigenvalue weighted by Crippen LogP contribution is -2.49. The third-order valence-corrected chi connectivity index (χ3v) is 3.87. The molecule has 1 aromatic heterocycles. The first kappa shape index (κ1) is 15.6. The Balaban J connectivity index is 1.91. The van der Waals surface area contributed by atoms with Gasteiger partial charge in [0.05, 0.1) is 13.3 Å². The van der Waals surface area contributed by atoms with E-state index >= 15 is 0 Å². The summed E-state index contributed by atoms with van der Waals surface area (Å²) in [4.78, 5) is 19.5. The van der Waals surface area contributed by atoms with E-state index < -0.39 is 17.8 Å². The van der Waals surface area contributed by atoms with Gasteiger partial charge in [0.2, 0.25) is 5.28 Å². The van der Waals surface area contributed by atoms with Crippen LogP contribution in [0.3, 0.4) is 0 Å². The van der Waals surface area contributed by atoms with Crippen LogP contribution in [-0.4, -0.2) is 34.1 Å².